The van der Waals surface area contributed by atoms with Gasteiger partial charge in [-0.25, -0.2) is 8.42 Å². The average Bonchev–Trinajstić information content (AvgIpc) is 2.77. The van der Waals surface area contributed by atoms with Gasteiger partial charge in [-0.15, -0.1) is 0 Å². The van der Waals surface area contributed by atoms with Crippen molar-refractivity contribution in [3.05, 3.63) is 102 Å². The van der Waals surface area contributed by atoms with Gasteiger partial charge in [0.1, 0.15) is 6.04 Å². The predicted octanol–water partition coefficient (Wildman–Crippen LogP) is 3.13. The smallest absolute Gasteiger partial charge is 0.244 e. The van der Waals surface area contributed by atoms with Crippen LogP contribution in [0.5, 0.6) is 0 Å². The van der Waals surface area contributed by atoms with Crippen LogP contribution in [0.15, 0.2) is 89.8 Å². The van der Waals surface area contributed by atoms with Crippen LogP contribution in [-0.2, 0) is 21.2 Å². The molecule has 3 aromatic rings. The third-order valence-electron chi connectivity index (χ3n) is 4.82. The van der Waals surface area contributed by atoms with Crippen LogP contribution in [0.4, 0.5) is 0 Å². The molecule has 0 fully saturated rings. The van der Waals surface area contributed by atoms with Gasteiger partial charge in [-0.1, -0.05) is 78.1 Å². The molecule has 0 bridgehead atoms. The first-order chi connectivity index (χ1) is 14.9. The summed E-state index contributed by atoms with van der Waals surface area (Å²) in [7, 11) is -4.01. The van der Waals surface area contributed by atoms with Crippen LogP contribution in [0.2, 0.25) is 0 Å². The Morgan fingerprint density at radius 3 is 2.10 bits per heavy atom. The molecule has 0 radical (unpaired) electrons. The fourth-order valence-electron chi connectivity index (χ4n) is 3.13. The van der Waals surface area contributed by atoms with Crippen LogP contribution in [0.25, 0.3) is 0 Å². The second-order valence-corrected chi connectivity index (χ2v) is 9.03. The van der Waals surface area contributed by atoms with Crippen molar-refractivity contribution < 1.29 is 13.2 Å². The Morgan fingerprint density at radius 1 is 0.935 bits per heavy atom. The van der Waals surface area contributed by atoms with E-state index >= 15 is 0 Å². The maximum atomic E-state index is 13.5. The van der Waals surface area contributed by atoms with Gasteiger partial charge in [0.25, 0.3) is 0 Å². The molecule has 3 aromatic carbocycles. The van der Waals surface area contributed by atoms with E-state index in [4.69, 9.17) is 5.73 Å². The molecule has 0 aromatic heterocycles. The van der Waals surface area contributed by atoms with Crippen molar-refractivity contribution in [2.45, 2.75) is 24.3 Å². The van der Waals surface area contributed by atoms with E-state index in [0.29, 0.717) is 0 Å². The molecule has 0 spiro atoms. The molecule has 0 aliphatic carbocycles. The number of nitrogens with zero attached hydrogens (tertiary/aromatic N) is 1. The molecule has 0 saturated heterocycles. The fourth-order valence-corrected chi connectivity index (χ4v) is 4.63. The lowest BCUT2D eigenvalue weighted by molar-refractivity contribution is -0.121. The first kappa shape index (κ1) is 22.3. The van der Waals surface area contributed by atoms with Crippen LogP contribution < -0.4 is 5.73 Å². The lowest BCUT2D eigenvalue weighted by Gasteiger charge is -2.27. The highest BCUT2D eigenvalue weighted by Crippen LogP contribution is 2.21. The quantitative estimate of drug-likeness (QED) is 0.583. The number of hydrogen-bond donors (Lipinski definition) is 1. The largest absolute Gasteiger partial charge is 0.368 e. The Hall–Kier alpha value is -3.40. The highest BCUT2D eigenvalue weighted by molar-refractivity contribution is 7.89. The van der Waals surface area contributed by atoms with Gasteiger partial charge < -0.3 is 5.73 Å². The summed E-state index contributed by atoms with van der Waals surface area (Å²) in [6.07, 6.45) is 0.161. The number of primary amides is 1. The molecule has 0 aliphatic heterocycles. The molecule has 2 N–H and O–H groups in total. The molecule has 5 nitrogen and oxygen atoms in total. The summed E-state index contributed by atoms with van der Waals surface area (Å²) in [6.45, 7) is 1.71. The second-order valence-electron chi connectivity index (χ2n) is 7.14. The molecular formula is C25H24N2O3S. The predicted molar refractivity (Wildman–Crippen MR) is 122 cm³/mol. The number of carbonyl (C=O) groups excluding carboxylic acids is 1. The van der Waals surface area contributed by atoms with E-state index in [1.807, 2.05) is 67.6 Å². The van der Waals surface area contributed by atoms with Crippen LogP contribution in [0.3, 0.4) is 0 Å². The molecule has 0 aliphatic rings. The zero-order valence-corrected chi connectivity index (χ0v) is 18.0. The standard InChI is InChI=1S/C25H24N2O3S/c1-20-14-16-23(17-15-20)31(29,30)27(18-8-13-21-9-4-2-5-10-21)24(25(26)28)19-22-11-6-3-7-12-22/h2-7,9-12,14-17,24H,18-19H2,1H3,(H2,26,28)/t24-/m0/s1. The van der Waals surface area contributed by atoms with Gasteiger partial charge in [0.2, 0.25) is 15.9 Å². The number of hydrogen-bond acceptors (Lipinski definition) is 3. The first-order valence-corrected chi connectivity index (χ1v) is 11.3. The highest BCUT2D eigenvalue weighted by Gasteiger charge is 2.34. The molecular weight excluding hydrogens is 408 g/mol. The number of aryl methyl sites for hydroxylation is 1. The summed E-state index contributed by atoms with van der Waals surface area (Å²) in [4.78, 5) is 12.5. The van der Waals surface area contributed by atoms with E-state index in [-0.39, 0.29) is 17.9 Å². The number of carbonyl (C=O) groups is 1. The van der Waals surface area contributed by atoms with Crippen molar-refractivity contribution in [2.24, 2.45) is 5.73 Å². The van der Waals surface area contributed by atoms with E-state index in [2.05, 4.69) is 11.8 Å². The van der Waals surface area contributed by atoms with Crippen LogP contribution >= 0.6 is 0 Å². The van der Waals surface area contributed by atoms with Crippen LogP contribution in [0, 0.1) is 18.8 Å². The van der Waals surface area contributed by atoms with E-state index < -0.39 is 22.0 Å². The van der Waals surface area contributed by atoms with Gasteiger partial charge in [-0.3, -0.25) is 4.79 Å². The van der Waals surface area contributed by atoms with Crippen molar-refractivity contribution in [2.75, 3.05) is 6.54 Å². The Morgan fingerprint density at radius 2 is 1.52 bits per heavy atom. The third kappa shape index (κ3) is 5.82. The van der Waals surface area contributed by atoms with E-state index in [1.165, 1.54) is 12.1 Å². The number of rotatable bonds is 7. The van der Waals surface area contributed by atoms with E-state index in [9.17, 15) is 13.2 Å². The Balaban J connectivity index is 2.00. The first-order valence-electron chi connectivity index (χ1n) is 9.83. The second kappa shape index (κ2) is 10.1. The van der Waals surface area contributed by atoms with Crippen molar-refractivity contribution in [1.82, 2.24) is 4.31 Å². The van der Waals surface area contributed by atoms with E-state index in [0.717, 1.165) is 21.0 Å². The fraction of sp³-hybridized carbons (Fsp3) is 0.160. The molecule has 6 heteroatoms. The summed E-state index contributed by atoms with van der Waals surface area (Å²) in [5.41, 5.74) is 8.18. The van der Waals surface area contributed by atoms with Gasteiger partial charge in [0, 0.05) is 5.56 Å². The maximum absolute atomic E-state index is 13.5. The van der Waals surface area contributed by atoms with Crippen LogP contribution in [0.1, 0.15) is 16.7 Å². The molecule has 0 saturated carbocycles. The summed E-state index contributed by atoms with van der Waals surface area (Å²) in [5.74, 6) is 5.14. The van der Waals surface area contributed by atoms with Gasteiger partial charge in [-0.05, 0) is 43.2 Å². The normalized spacial score (nSPS) is 12.1. The summed E-state index contributed by atoms with van der Waals surface area (Å²) in [6, 6.07) is 23.9. The SMILES string of the molecule is Cc1ccc(S(=O)(=O)N(CC#Cc2ccccc2)[C@@H](Cc2ccccc2)C(N)=O)cc1. The highest BCUT2D eigenvalue weighted by atomic mass is 32.2. The number of nitrogens with two attached hydrogens (primary N) is 1. The molecule has 158 valence electrons. The summed E-state index contributed by atoms with van der Waals surface area (Å²) in [5, 5.41) is 0. The van der Waals surface area contributed by atoms with Gasteiger partial charge in [0.15, 0.2) is 0 Å². The number of amides is 1. The molecule has 0 heterocycles. The van der Waals surface area contributed by atoms with Crippen molar-refractivity contribution >= 4 is 15.9 Å². The Labute approximate surface area is 183 Å². The molecule has 1 amide bonds. The Bertz CT molecular complexity index is 1180. The van der Waals surface area contributed by atoms with E-state index in [1.54, 1.807) is 12.1 Å². The number of benzene rings is 3. The minimum absolute atomic E-state index is 0.0962. The summed E-state index contributed by atoms with van der Waals surface area (Å²) >= 11 is 0. The van der Waals surface area contributed by atoms with Crippen molar-refractivity contribution in [3.8, 4) is 11.8 Å². The van der Waals surface area contributed by atoms with Gasteiger partial charge >= 0.3 is 0 Å². The zero-order valence-electron chi connectivity index (χ0n) is 17.2. The topological polar surface area (TPSA) is 80.5 Å². The van der Waals surface area contributed by atoms with Gasteiger partial charge in [0.05, 0.1) is 11.4 Å². The minimum atomic E-state index is -4.01. The zero-order chi connectivity index (χ0) is 22.3. The monoisotopic (exact) mass is 432 g/mol. The third-order valence-corrected chi connectivity index (χ3v) is 6.69. The lowest BCUT2D eigenvalue weighted by atomic mass is 10.1. The maximum Gasteiger partial charge on any atom is 0.244 e. The van der Waals surface area contributed by atoms with Crippen molar-refractivity contribution in [1.29, 1.82) is 0 Å². The van der Waals surface area contributed by atoms with Gasteiger partial charge in [-0.2, -0.15) is 4.31 Å². The van der Waals surface area contributed by atoms with Crippen molar-refractivity contribution in [3.63, 3.8) is 0 Å². The minimum Gasteiger partial charge on any atom is -0.368 e. The molecule has 0 unspecified atom stereocenters. The van der Waals surface area contributed by atoms with Crippen LogP contribution in [-0.4, -0.2) is 31.2 Å². The summed E-state index contributed by atoms with van der Waals surface area (Å²) < 4.78 is 28.0. The Kier molecular flexibility index (Phi) is 7.24. The molecule has 1 atom stereocenters. The molecule has 31 heavy (non-hydrogen) atoms. The lowest BCUT2D eigenvalue weighted by Crippen LogP contribution is -2.49. The average molecular weight is 433 g/mol. The molecule has 3 rings (SSSR count). The number of sulfonamides is 1.